The highest BCUT2D eigenvalue weighted by molar-refractivity contribution is 6.05. The van der Waals surface area contributed by atoms with Crippen LogP contribution in [0.4, 0.5) is 0 Å². The summed E-state index contributed by atoms with van der Waals surface area (Å²) in [5.41, 5.74) is 1.54. The number of aryl methyl sites for hydroxylation is 1. The summed E-state index contributed by atoms with van der Waals surface area (Å²) in [7, 11) is 1.39. The number of benzene rings is 2. The minimum atomic E-state index is -0.320. The summed E-state index contributed by atoms with van der Waals surface area (Å²) in [6.45, 7) is 0.118. The molecule has 2 aromatic rings. The summed E-state index contributed by atoms with van der Waals surface area (Å²) in [6.07, 6.45) is 1.31. The van der Waals surface area contributed by atoms with Crippen molar-refractivity contribution in [2.45, 2.75) is 12.8 Å². The Bertz CT molecular complexity index is 561. The van der Waals surface area contributed by atoms with Crippen LogP contribution in [0.5, 0.6) is 0 Å². The van der Waals surface area contributed by atoms with Gasteiger partial charge < -0.3 is 9.84 Å². The second-order valence-electron chi connectivity index (χ2n) is 4.14. The molecule has 94 valence electrons. The van der Waals surface area contributed by atoms with E-state index < -0.39 is 0 Å². The van der Waals surface area contributed by atoms with Crippen LogP contribution in [0.1, 0.15) is 22.3 Å². The number of carbonyl (C=O) groups excluding carboxylic acids is 1. The largest absolute Gasteiger partial charge is 0.465 e. The summed E-state index contributed by atoms with van der Waals surface area (Å²) < 4.78 is 4.86. The molecule has 0 spiro atoms. The maximum absolute atomic E-state index is 11.9. The zero-order chi connectivity index (χ0) is 13.0. The lowest BCUT2D eigenvalue weighted by molar-refractivity contribution is 0.0601. The third-order valence-corrected chi connectivity index (χ3v) is 3.01. The molecule has 0 fully saturated rings. The fraction of sp³-hybridized carbons (Fsp3) is 0.267. The van der Waals surface area contributed by atoms with Crippen LogP contribution in [0.3, 0.4) is 0 Å². The zero-order valence-electron chi connectivity index (χ0n) is 10.3. The predicted octanol–water partition coefficient (Wildman–Crippen LogP) is 2.55. The first-order valence-corrected chi connectivity index (χ1v) is 5.97. The maximum Gasteiger partial charge on any atom is 0.338 e. The molecule has 1 N–H and O–H groups in total. The van der Waals surface area contributed by atoms with Gasteiger partial charge in [0.1, 0.15) is 0 Å². The molecule has 0 heterocycles. The average molecular weight is 244 g/mol. The van der Waals surface area contributed by atoms with Gasteiger partial charge in [-0.15, -0.1) is 0 Å². The average Bonchev–Trinajstić information content (AvgIpc) is 2.43. The lowest BCUT2D eigenvalue weighted by Gasteiger charge is -2.11. The second kappa shape index (κ2) is 5.65. The summed E-state index contributed by atoms with van der Waals surface area (Å²) in [4.78, 5) is 11.9. The van der Waals surface area contributed by atoms with E-state index >= 15 is 0 Å². The van der Waals surface area contributed by atoms with Crippen molar-refractivity contribution in [3.8, 4) is 0 Å². The van der Waals surface area contributed by atoms with Crippen molar-refractivity contribution >= 4 is 16.7 Å². The van der Waals surface area contributed by atoms with Gasteiger partial charge >= 0.3 is 5.97 Å². The molecule has 0 aliphatic carbocycles. The van der Waals surface area contributed by atoms with E-state index in [9.17, 15) is 4.79 Å². The number of ether oxygens (including phenoxy) is 1. The number of esters is 1. The third-order valence-electron chi connectivity index (χ3n) is 3.01. The van der Waals surface area contributed by atoms with Crippen molar-refractivity contribution in [2.24, 2.45) is 0 Å². The number of hydrogen-bond donors (Lipinski definition) is 1. The minimum Gasteiger partial charge on any atom is -0.465 e. The van der Waals surface area contributed by atoms with Gasteiger partial charge in [0.05, 0.1) is 12.7 Å². The lowest BCUT2D eigenvalue weighted by atomic mass is 9.96. The standard InChI is InChI=1S/C15H16O3/c1-18-15(17)14-12(6-4-10-16)9-8-11-5-2-3-7-13(11)14/h2-3,5,7-9,16H,4,6,10H2,1H3. The van der Waals surface area contributed by atoms with E-state index in [0.717, 1.165) is 16.3 Å². The summed E-state index contributed by atoms with van der Waals surface area (Å²) in [6, 6.07) is 11.7. The number of fused-ring (bicyclic) bond motifs is 1. The van der Waals surface area contributed by atoms with Crippen molar-refractivity contribution in [3.05, 3.63) is 47.5 Å². The topological polar surface area (TPSA) is 46.5 Å². The minimum absolute atomic E-state index is 0.118. The van der Waals surface area contributed by atoms with Gasteiger partial charge in [0.15, 0.2) is 0 Å². The number of aliphatic hydroxyl groups excluding tert-OH is 1. The first-order chi connectivity index (χ1) is 8.77. The molecule has 3 heteroatoms. The Hall–Kier alpha value is -1.87. The highest BCUT2D eigenvalue weighted by atomic mass is 16.5. The van der Waals surface area contributed by atoms with Crippen molar-refractivity contribution in [1.82, 2.24) is 0 Å². The molecule has 0 aliphatic heterocycles. The van der Waals surface area contributed by atoms with Crippen LogP contribution in [0.15, 0.2) is 36.4 Å². The van der Waals surface area contributed by atoms with E-state index in [1.54, 1.807) is 0 Å². The van der Waals surface area contributed by atoms with Crippen LogP contribution in [0, 0.1) is 0 Å². The fourth-order valence-electron chi connectivity index (χ4n) is 2.14. The van der Waals surface area contributed by atoms with Gasteiger partial charge in [0.2, 0.25) is 0 Å². The van der Waals surface area contributed by atoms with Crippen LogP contribution >= 0.6 is 0 Å². The fourth-order valence-corrected chi connectivity index (χ4v) is 2.14. The normalized spacial score (nSPS) is 10.6. The van der Waals surface area contributed by atoms with E-state index in [4.69, 9.17) is 9.84 Å². The Morgan fingerprint density at radius 1 is 1.22 bits per heavy atom. The number of carbonyl (C=O) groups is 1. The Kier molecular flexibility index (Phi) is 3.95. The molecule has 0 radical (unpaired) electrons. The first-order valence-electron chi connectivity index (χ1n) is 5.97. The molecule has 2 rings (SSSR count). The van der Waals surface area contributed by atoms with Crippen molar-refractivity contribution < 1.29 is 14.6 Å². The molecular formula is C15H16O3. The Morgan fingerprint density at radius 3 is 2.72 bits per heavy atom. The highest BCUT2D eigenvalue weighted by Gasteiger charge is 2.15. The van der Waals surface area contributed by atoms with Crippen LogP contribution in [-0.2, 0) is 11.2 Å². The van der Waals surface area contributed by atoms with Gasteiger partial charge in [0.25, 0.3) is 0 Å². The third kappa shape index (κ3) is 2.36. The van der Waals surface area contributed by atoms with Crippen molar-refractivity contribution in [2.75, 3.05) is 13.7 Å². The van der Waals surface area contributed by atoms with E-state index in [-0.39, 0.29) is 12.6 Å². The van der Waals surface area contributed by atoms with Crippen molar-refractivity contribution in [3.63, 3.8) is 0 Å². The zero-order valence-corrected chi connectivity index (χ0v) is 10.3. The Morgan fingerprint density at radius 2 is 2.00 bits per heavy atom. The molecule has 0 bridgehead atoms. The molecule has 2 aromatic carbocycles. The maximum atomic E-state index is 11.9. The van der Waals surface area contributed by atoms with E-state index in [2.05, 4.69) is 0 Å². The lowest BCUT2D eigenvalue weighted by Crippen LogP contribution is -2.07. The quantitative estimate of drug-likeness (QED) is 0.841. The first kappa shape index (κ1) is 12.6. The van der Waals surface area contributed by atoms with Crippen LogP contribution in [0.2, 0.25) is 0 Å². The molecule has 0 atom stereocenters. The molecule has 3 nitrogen and oxygen atoms in total. The number of hydrogen-bond acceptors (Lipinski definition) is 3. The molecule has 0 saturated carbocycles. The number of rotatable bonds is 4. The number of methoxy groups -OCH3 is 1. The Balaban J connectivity index is 2.59. The summed E-state index contributed by atoms with van der Waals surface area (Å²) in [5, 5.41) is 10.8. The number of aliphatic hydroxyl groups is 1. The van der Waals surface area contributed by atoms with Gasteiger partial charge in [-0.2, -0.15) is 0 Å². The van der Waals surface area contributed by atoms with Crippen molar-refractivity contribution in [1.29, 1.82) is 0 Å². The molecule has 18 heavy (non-hydrogen) atoms. The van der Waals surface area contributed by atoms with Gasteiger partial charge in [-0.1, -0.05) is 36.4 Å². The smallest absolute Gasteiger partial charge is 0.338 e. The van der Waals surface area contributed by atoms with Gasteiger partial charge in [-0.25, -0.2) is 4.79 Å². The van der Waals surface area contributed by atoms with Gasteiger partial charge in [-0.3, -0.25) is 0 Å². The van der Waals surface area contributed by atoms with E-state index in [0.29, 0.717) is 18.4 Å². The molecule has 0 saturated heterocycles. The van der Waals surface area contributed by atoms with Crippen LogP contribution in [-0.4, -0.2) is 24.8 Å². The molecular weight excluding hydrogens is 228 g/mol. The summed E-state index contributed by atoms with van der Waals surface area (Å²) in [5.74, 6) is -0.320. The summed E-state index contributed by atoms with van der Waals surface area (Å²) >= 11 is 0. The van der Waals surface area contributed by atoms with Gasteiger partial charge in [-0.05, 0) is 29.2 Å². The molecule has 0 aromatic heterocycles. The van der Waals surface area contributed by atoms with Crippen LogP contribution in [0.25, 0.3) is 10.8 Å². The van der Waals surface area contributed by atoms with Crippen LogP contribution < -0.4 is 0 Å². The van der Waals surface area contributed by atoms with E-state index in [1.807, 2.05) is 36.4 Å². The van der Waals surface area contributed by atoms with E-state index in [1.165, 1.54) is 7.11 Å². The molecule has 0 unspecified atom stereocenters. The SMILES string of the molecule is COC(=O)c1c(CCCO)ccc2ccccc12. The van der Waals surface area contributed by atoms with Gasteiger partial charge in [0, 0.05) is 6.61 Å². The molecule has 0 amide bonds. The predicted molar refractivity (Wildman–Crippen MR) is 70.7 cm³/mol. The highest BCUT2D eigenvalue weighted by Crippen LogP contribution is 2.24. The Labute approximate surface area is 106 Å². The second-order valence-corrected chi connectivity index (χ2v) is 4.14. The molecule has 0 aliphatic rings. The monoisotopic (exact) mass is 244 g/mol.